The number of amides is 2. The molecule has 1 fully saturated rings. The van der Waals surface area contributed by atoms with Crippen molar-refractivity contribution in [3.05, 3.63) is 89.5 Å². The van der Waals surface area contributed by atoms with E-state index >= 15 is 0 Å². The number of hydrogen-bond acceptors (Lipinski definition) is 5. The molecule has 0 unspecified atom stereocenters. The Morgan fingerprint density at radius 1 is 0.951 bits per heavy atom. The minimum Gasteiger partial charge on any atom is -0.495 e. The standard InChI is InChI=1S/C32H39N3O5S/c1-23-16-18-28(19-17-23)41(38,39)35(29-14-7-8-15-30(29)40-4)22-31(36)34(21-26-11-9-10-24(2)20-26)25(3)32(37)33-27-12-5-6-13-27/h7-11,14-20,25,27H,5-6,12-13,21-22H2,1-4H3,(H,33,37)/t25-/m1/s1. The summed E-state index contributed by atoms with van der Waals surface area (Å²) in [6.45, 7) is 5.18. The number of nitrogens with one attached hydrogen (secondary N) is 1. The zero-order chi connectivity index (χ0) is 29.6. The lowest BCUT2D eigenvalue weighted by Crippen LogP contribution is -2.52. The molecule has 8 nitrogen and oxygen atoms in total. The summed E-state index contributed by atoms with van der Waals surface area (Å²) in [4.78, 5) is 29.0. The fraction of sp³-hybridized carbons (Fsp3) is 0.375. The van der Waals surface area contributed by atoms with Gasteiger partial charge >= 0.3 is 0 Å². The van der Waals surface area contributed by atoms with Gasteiger partial charge < -0.3 is 15.0 Å². The van der Waals surface area contributed by atoms with Crippen LogP contribution in [-0.4, -0.2) is 50.9 Å². The van der Waals surface area contributed by atoms with Gasteiger partial charge in [0.1, 0.15) is 18.3 Å². The lowest BCUT2D eigenvalue weighted by atomic mass is 10.1. The monoisotopic (exact) mass is 577 g/mol. The van der Waals surface area contributed by atoms with E-state index in [1.807, 2.05) is 38.1 Å². The van der Waals surface area contributed by atoms with Gasteiger partial charge in [0.25, 0.3) is 10.0 Å². The predicted molar refractivity (Wildman–Crippen MR) is 160 cm³/mol. The Morgan fingerprint density at radius 2 is 1.63 bits per heavy atom. The van der Waals surface area contributed by atoms with E-state index in [1.54, 1.807) is 43.3 Å². The number of carbonyl (C=O) groups is 2. The SMILES string of the molecule is COc1ccccc1N(CC(=O)N(Cc1cccc(C)c1)[C@H](C)C(=O)NC1CCCC1)S(=O)(=O)c1ccc(C)cc1. The average Bonchev–Trinajstić information content (AvgIpc) is 3.47. The molecule has 1 aliphatic carbocycles. The zero-order valence-electron chi connectivity index (χ0n) is 24.2. The number of nitrogens with zero attached hydrogens (tertiary/aromatic N) is 2. The molecule has 41 heavy (non-hydrogen) atoms. The van der Waals surface area contributed by atoms with E-state index < -0.39 is 28.5 Å². The van der Waals surface area contributed by atoms with Gasteiger partial charge in [0.05, 0.1) is 17.7 Å². The lowest BCUT2D eigenvalue weighted by Gasteiger charge is -2.33. The first kappa shape index (κ1) is 30.1. The summed E-state index contributed by atoms with van der Waals surface area (Å²) in [6, 6.07) is 20.2. The van der Waals surface area contributed by atoms with E-state index in [2.05, 4.69) is 5.32 Å². The molecular formula is C32H39N3O5S. The molecule has 9 heteroatoms. The summed E-state index contributed by atoms with van der Waals surface area (Å²) in [6.07, 6.45) is 3.97. The zero-order valence-corrected chi connectivity index (χ0v) is 25.0. The molecule has 1 saturated carbocycles. The van der Waals surface area contributed by atoms with Crippen molar-refractivity contribution in [2.75, 3.05) is 18.0 Å². The van der Waals surface area contributed by atoms with Crippen molar-refractivity contribution in [1.29, 1.82) is 0 Å². The molecule has 0 bridgehead atoms. The highest BCUT2D eigenvalue weighted by molar-refractivity contribution is 7.92. The molecule has 1 N–H and O–H groups in total. The first-order valence-corrected chi connectivity index (χ1v) is 15.4. The van der Waals surface area contributed by atoms with Crippen LogP contribution >= 0.6 is 0 Å². The van der Waals surface area contributed by atoms with Gasteiger partial charge in [-0.2, -0.15) is 0 Å². The van der Waals surface area contributed by atoms with E-state index in [0.29, 0.717) is 5.75 Å². The van der Waals surface area contributed by atoms with Gasteiger partial charge in [0.2, 0.25) is 11.8 Å². The highest BCUT2D eigenvalue weighted by atomic mass is 32.2. The van der Waals surface area contributed by atoms with Gasteiger partial charge in [0.15, 0.2) is 0 Å². The first-order chi connectivity index (χ1) is 19.6. The average molecular weight is 578 g/mol. The molecule has 1 aliphatic rings. The van der Waals surface area contributed by atoms with Crippen LogP contribution in [0.25, 0.3) is 0 Å². The molecule has 0 aliphatic heterocycles. The van der Waals surface area contributed by atoms with Crippen molar-refractivity contribution in [2.24, 2.45) is 0 Å². The van der Waals surface area contributed by atoms with Crippen LogP contribution in [0, 0.1) is 13.8 Å². The normalized spacial score (nSPS) is 14.3. The van der Waals surface area contributed by atoms with Crippen LogP contribution < -0.4 is 14.4 Å². The molecule has 2 amide bonds. The third-order valence-corrected chi connectivity index (χ3v) is 9.32. The highest BCUT2D eigenvalue weighted by Gasteiger charge is 2.34. The Balaban J connectivity index is 1.71. The third kappa shape index (κ3) is 7.27. The van der Waals surface area contributed by atoms with Gasteiger partial charge in [-0.15, -0.1) is 0 Å². The molecule has 0 radical (unpaired) electrons. The Bertz CT molecular complexity index is 1470. The van der Waals surface area contributed by atoms with Gasteiger partial charge in [-0.05, 0) is 63.4 Å². The number of anilines is 1. The summed E-state index contributed by atoms with van der Waals surface area (Å²) in [5.41, 5.74) is 3.03. The number of hydrogen-bond donors (Lipinski definition) is 1. The van der Waals surface area contributed by atoms with Crippen LogP contribution in [0.2, 0.25) is 0 Å². The molecule has 218 valence electrons. The van der Waals surface area contributed by atoms with Crippen LogP contribution in [-0.2, 0) is 26.2 Å². The van der Waals surface area contributed by atoms with E-state index in [0.717, 1.165) is 46.7 Å². The number of benzene rings is 3. The molecule has 3 aromatic rings. The Hall–Kier alpha value is -3.85. The van der Waals surface area contributed by atoms with Crippen LogP contribution in [0.4, 0.5) is 5.69 Å². The Morgan fingerprint density at radius 3 is 2.29 bits per heavy atom. The van der Waals surface area contributed by atoms with Crippen molar-refractivity contribution in [3.63, 3.8) is 0 Å². The first-order valence-electron chi connectivity index (χ1n) is 14.0. The van der Waals surface area contributed by atoms with Gasteiger partial charge in [0, 0.05) is 12.6 Å². The van der Waals surface area contributed by atoms with Crippen molar-refractivity contribution < 1.29 is 22.7 Å². The molecule has 3 aromatic carbocycles. The molecule has 0 heterocycles. The van der Waals surface area contributed by atoms with E-state index in [9.17, 15) is 18.0 Å². The molecule has 4 rings (SSSR count). The highest BCUT2D eigenvalue weighted by Crippen LogP contribution is 2.32. The van der Waals surface area contributed by atoms with E-state index in [4.69, 9.17) is 4.74 Å². The van der Waals surface area contributed by atoms with Crippen molar-refractivity contribution in [2.45, 2.75) is 70.0 Å². The fourth-order valence-corrected chi connectivity index (χ4v) is 6.59. The van der Waals surface area contributed by atoms with E-state index in [1.165, 1.54) is 24.1 Å². The minimum absolute atomic E-state index is 0.0547. The van der Waals surface area contributed by atoms with Crippen molar-refractivity contribution in [1.82, 2.24) is 10.2 Å². The van der Waals surface area contributed by atoms with Crippen molar-refractivity contribution in [3.8, 4) is 5.75 Å². The topological polar surface area (TPSA) is 96.0 Å². The number of aryl methyl sites for hydroxylation is 2. The number of para-hydroxylation sites is 2. The van der Waals surface area contributed by atoms with Crippen molar-refractivity contribution >= 4 is 27.5 Å². The second kappa shape index (κ2) is 13.2. The maximum Gasteiger partial charge on any atom is 0.264 e. The maximum absolute atomic E-state index is 14.1. The second-order valence-electron chi connectivity index (χ2n) is 10.7. The Kier molecular flexibility index (Phi) is 9.70. The number of methoxy groups -OCH3 is 1. The molecule has 0 saturated heterocycles. The molecular weight excluding hydrogens is 538 g/mol. The quantitative estimate of drug-likeness (QED) is 0.347. The molecule has 0 aromatic heterocycles. The number of rotatable bonds is 11. The smallest absolute Gasteiger partial charge is 0.264 e. The van der Waals surface area contributed by atoms with Gasteiger partial charge in [-0.3, -0.25) is 13.9 Å². The van der Waals surface area contributed by atoms with Crippen LogP contribution in [0.1, 0.15) is 49.3 Å². The van der Waals surface area contributed by atoms with E-state index in [-0.39, 0.29) is 29.1 Å². The fourth-order valence-electron chi connectivity index (χ4n) is 5.17. The van der Waals surface area contributed by atoms with Crippen LogP contribution in [0.15, 0.2) is 77.7 Å². The number of carbonyl (C=O) groups excluding carboxylic acids is 2. The maximum atomic E-state index is 14.1. The number of ether oxygens (including phenoxy) is 1. The summed E-state index contributed by atoms with van der Waals surface area (Å²) in [5, 5.41) is 3.09. The summed E-state index contributed by atoms with van der Waals surface area (Å²) in [7, 11) is -2.72. The lowest BCUT2D eigenvalue weighted by molar-refractivity contribution is -0.139. The minimum atomic E-state index is -4.17. The van der Waals surface area contributed by atoms with Crippen LogP contribution in [0.3, 0.4) is 0 Å². The molecule has 1 atom stereocenters. The summed E-state index contributed by atoms with van der Waals surface area (Å²) >= 11 is 0. The second-order valence-corrected chi connectivity index (χ2v) is 12.5. The number of sulfonamides is 1. The van der Waals surface area contributed by atoms with Gasteiger partial charge in [-0.1, -0.05) is 72.5 Å². The third-order valence-electron chi connectivity index (χ3n) is 7.55. The van der Waals surface area contributed by atoms with Crippen LogP contribution in [0.5, 0.6) is 5.75 Å². The molecule has 0 spiro atoms. The Labute approximate surface area is 243 Å². The summed E-state index contributed by atoms with van der Waals surface area (Å²) < 4.78 is 34.6. The predicted octanol–water partition coefficient (Wildman–Crippen LogP) is 4.98. The van der Waals surface area contributed by atoms with Gasteiger partial charge in [-0.25, -0.2) is 8.42 Å². The largest absolute Gasteiger partial charge is 0.495 e. The summed E-state index contributed by atoms with van der Waals surface area (Å²) in [5.74, 6) is -0.432.